The molecule has 1 aliphatic heterocycles. The molecular weight excluding hydrogens is 340 g/mol. The Morgan fingerprint density at radius 2 is 1.81 bits per heavy atom. The monoisotopic (exact) mass is 368 g/mol. The molecule has 0 unspecified atom stereocenters. The van der Waals surface area contributed by atoms with Crippen LogP contribution >= 0.6 is 0 Å². The number of benzene rings is 2. The standard InChI is InChI=1S/C22H28N2O3/c1-16-9-11-24(12-10-16)22(26)14-17-3-6-19(7-4-17)23-15-18-5-8-20(25)21(13-18)27-2/h3-8,13,16,23,25H,9-12,14-15H2,1-2H3. The van der Waals surface area contributed by atoms with Gasteiger partial charge in [-0.05, 0) is 54.2 Å². The van der Waals surface area contributed by atoms with E-state index in [1.165, 1.54) is 7.11 Å². The van der Waals surface area contributed by atoms with Crippen LogP contribution in [-0.4, -0.2) is 36.1 Å². The Balaban J connectivity index is 1.52. The summed E-state index contributed by atoms with van der Waals surface area (Å²) in [5, 5.41) is 13.0. The summed E-state index contributed by atoms with van der Waals surface area (Å²) < 4.78 is 5.13. The number of amides is 1. The van der Waals surface area contributed by atoms with Crippen LogP contribution < -0.4 is 10.1 Å². The van der Waals surface area contributed by atoms with Crippen molar-refractivity contribution < 1.29 is 14.6 Å². The normalized spacial score (nSPS) is 14.8. The lowest BCUT2D eigenvalue weighted by molar-refractivity contribution is -0.131. The molecule has 0 spiro atoms. The number of hydrogen-bond acceptors (Lipinski definition) is 4. The van der Waals surface area contributed by atoms with Crippen LogP contribution in [0.2, 0.25) is 0 Å². The molecule has 0 saturated carbocycles. The van der Waals surface area contributed by atoms with Crippen molar-refractivity contribution in [2.75, 3.05) is 25.5 Å². The fourth-order valence-corrected chi connectivity index (χ4v) is 3.32. The lowest BCUT2D eigenvalue weighted by Crippen LogP contribution is -2.38. The molecular formula is C22H28N2O3. The van der Waals surface area contributed by atoms with Crippen LogP contribution in [0.15, 0.2) is 42.5 Å². The van der Waals surface area contributed by atoms with E-state index in [-0.39, 0.29) is 11.7 Å². The van der Waals surface area contributed by atoms with Crippen LogP contribution in [0.5, 0.6) is 11.5 Å². The number of methoxy groups -OCH3 is 1. The number of phenolic OH excluding ortho intramolecular Hbond substituents is 1. The minimum atomic E-state index is 0.137. The number of carbonyl (C=O) groups excluding carboxylic acids is 1. The number of rotatable bonds is 6. The molecule has 1 amide bonds. The maximum Gasteiger partial charge on any atom is 0.226 e. The highest BCUT2D eigenvalue weighted by Gasteiger charge is 2.20. The molecule has 3 rings (SSSR count). The van der Waals surface area contributed by atoms with Gasteiger partial charge in [-0.15, -0.1) is 0 Å². The number of likely N-dealkylation sites (tertiary alicyclic amines) is 1. The smallest absolute Gasteiger partial charge is 0.226 e. The van der Waals surface area contributed by atoms with Crippen molar-refractivity contribution in [3.63, 3.8) is 0 Å². The Kier molecular flexibility index (Phi) is 6.22. The van der Waals surface area contributed by atoms with Crippen molar-refractivity contribution in [3.8, 4) is 11.5 Å². The number of hydrogen-bond donors (Lipinski definition) is 2. The Hall–Kier alpha value is -2.69. The maximum absolute atomic E-state index is 12.4. The summed E-state index contributed by atoms with van der Waals surface area (Å²) in [7, 11) is 1.54. The fourth-order valence-electron chi connectivity index (χ4n) is 3.32. The number of piperidine rings is 1. The van der Waals surface area contributed by atoms with Crippen LogP contribution in [0.1, 0.15) is 30.9 Å². The minimum absolute atomic E-state index is 0.137. The summed E-state index contributed by atoms with van der Waals surface area (Å²) in [6.45, 7) is 4.65. The van der Waals surface area contributed by atoms with Crippen LogP contribution in [0.3, 0.4) is 0 Å². The molecule has 0 radical (unpaired) electrons. The van der Waals surface area contributed by atoms with Crippen molar-refractivity contribution in [1.82, 2.24) is 4.90 Å². The molecule has 2 aromatic rings. The first-order chi connectivity index (χ1) is 13.0. The number of nitrogens with zero attached hydrogens (tertiary/aromatic N) is 1. The zero-order chi connectivity index (χ0) is 19.2. The summed E-state index contributed by atoms with van der Waals surface area (Å²) >= 11 is 0. The van der Waals surface area contributed by atoms with Gasteiger partial charge in [0.15, 0.2) is 11.5 Å². The van der Waals surface area contributed by atoms with E-state index in [0.29, 0.717) is 18.7 Å². The van der Waals surface area contributed by atoms with Gasteiger partial charge in [-0.2, -0.15) is 0 Å². The van der Waals surface area contributed by atoms with Crippen LogP contribution in [-0.2, 0) is 17.8 Å². The van der Waals surface area contributed by atoms with E-state index in [1.54, 1.807) is 6.07 Å². The largest absolute Gasteiger partial charge is 0.504 e. The molecule has 0 bridgehead atoms. The Labute approximate surface area is 161 Å². The molecule has 0 aliphatic carbocycles. The lowest BCUT2D eigenvalue weighted by Gasteiger charge is -2.30. The third-order valence-corrected chi connectivity index (χ3v) is 5.19. The zero-order valence-electron chi connectivity index (χ0n) is 16.1. The van der Waals surface area contributed by atoms with E-state index in [0.717, 1.165) is 48.7 Å². The molecule has 2 N–H and O–H groups in total. The quantitative estimate of drug-likeness (QED) is 0.814. The predicted octanol–water partition coefficient (Wildman–Crippen LogP) is 3.81. The molecule has 2 aromatic carbocycles. The van der Waals surface area contributed by atoms with Crippen LogP contribution in [0.25, 0.3) is 0 Å². The third-order valence-electron chi connectivity index (χ3n) is 5.19. The van der Waals surface area contributed by atoms with Crippen molar-refractivity contribution in [2.24, 2.45) is 5.92 Å². The summed E-state index contributed by atoms with van der Waals surface area (Å²) in [4.78, 5) is 14.4. The van der Waals surface area contributed by atoms with Gasteiger partial charge >= 0.3 is 0 Å². The van der Waals surface area contributed by atoms with Gasteiger partial charge in [0.25, 0.3) is 0 Å². The number of aromatic hydroxyl groups is 1. The maximum atomic E-state index is 12.4. The summed E-state index contributed by atoms with van der Waals surface area (Å²) in [6, 6.07) is 13.3. The Morgan fingerprint density at radius 1 is 1.15 bits per heavy atom. The van der Waals surface area contributed by atoms with Gasteiger partial charge in [-0.1, -0.05) is 25.1 Å². The van der Waals surface area contributed by atoms with Crippen molar-refractivity contribution >= 4 is 11.6 Å². The lowest BCUT2D eigenvalue weighted by atomic mass is 9.98. The number of phenols is 1. The second-order valence-electron chi connectivity index (χ2n) is 7.30. The molecule has 1 heterocycles. The average molecular weight is 368 g/mol. The summed E-state index contributed by atoms with van der Waals surface area (Å²) in [5.41, 5.74) is 3.05. The van der Waals surface area contributed by atoms with Crippen molar-refractivity contribution in [2.45, 2.75) is 32.7 Å². The molecule has 0 aromatic heterocycles. The molecule has 1 fully saturated rings. The second kappa shape index (κ2) is 8.80. The van der Waals surface area contributed by atoms with E-state index in [9.17, 15) is 9.90 Å². The second-order valence-corrected chi connectivity index (χ2v) is 7.30. The van der Waals surface area contributed by atoms with Crippen molar-refractivity contribution in [3.05, 3.63) is 53.6 Å². The van der Waals surface area contributed by atoms with E-state index >= 15 is 0 Å². The highest BCUT2D eigenvalue weighted by Crippen LogP contribution is 2.26. The topological polar surface area (TPSA) is 61.8 Å². The number of ether oxygens (including phenoxy) is 1. The van der Waals surface area contributed by atoms with Gasteiger partial charge in [0.05, 0.1) is 13.5 Å². The molecule has 5 nitrogen and oxygen atoms in total. The van der Waals surface area contributed by atoms with Crippen LogP contribution in [0.4, 0.5) is 5.69 Å². The van der Waals surface area contributed by atoms with E-state index in [1.807, 2.05) is 41.3 Å². The van der Waals surface area contributed by atoms with Gasteiger partial charge in [-0.25, -0.2) is 0 Å². The number of anilines is 1. The summed E-state index contributed by atoms with van der Waals surface area (Å²) in [6.07, 6.45) is 2.68. The SMILES string of the molecule is COc1cc(CNc2ccc(CC(=O)N3CCC(C)CC3)cc2)ccc1O. The highest BCUT2D eigenvalue weighted by molar-refractivity contribution is 5.79. The average Bonchev–Trinajstić information content (AvgIpc) is 2.69. The Bertz CT molecular complexity index is 766. The molecule has 0 atom stereocenters. The van der Waals surface area contributed by atoms with E-state index in [4.69, 9.17) is 4.74 Å². The molecule has 1 aliphatic rings. The van der Waals surface area contributed by atoms with Gasteiger partial charge < -0.3 is 20.1 Å². The van der Waals surface area contributed by atoms with Gasteiger partial charge in [0, 0.05) is 25.3 Å². The van der Waals surface area contributed by atoms with Gasteiger partial charge in [0.1, 0.15) is 0 Å². The first kappa shape index (κ1) is 19.1. The zero-order valence-corrected chi connectivity index (χ0v) is 16.1. The van der Waals surface area contributed by atoms with E-state index in [2.05, 4.69) is 12.2 Å². The first-order valence-corrected chi connectivity index (χ1v) is 9.51. The van der Waals surface area contributed by atoms with Crippen LogP contribution in [0, 0.1) is 5.92 Å². The number of carbonyl (C=O) groups is 1. The molecule has 144 valence electrons. The molecule has 27 heavy (non-hydrogen) atoms. The highest BCUT2D eigenvalue weighted by atomic mass is 16.5. The van der Waals surface area contributed by atoms with E-state index < -0.39 is 0 Å². The van der Waals surface area contributed by atoms with Crippen molar-refractivity contribution in [1.29, 1.82) is 0 Å². The fraction of sp³-hybridized carbons (Fsp3) is 0.409. The van der Waals surface area contributed by atoms with Gasteiger partial charge in [-0.3, -0.25) is 4.79 Å². The Morgan fingerprint density at radius 3 is 2.48 bits per heavy atom. The minimum Gasteiger partial charge on any atom is -0.504 e. The summed E-state index contributed by atoms with van der Waals surface area (Å²) in [5.74, 6) is 1.56. The molecule has 5 heteroatoms. The number of nitrogens with one attached hydrogen (secondary N) is 1. The molecule has 1 saturated heterocycles. The first-order valence-electron chi connectivity index (χ1n) is 9.51. The third kappa shape index (κ3) is 5.16. The predicted molar refractivity (Wildman–Crippen MR) is 107 cm³/mol. The van der Waals surface area contributed by atoms with Gasteiger partial charge in [0.2, 0.25) is 5.91 Å².